The molecule has 38 heavy (non-hydrogen) atoms. The van der Waals surface area contributed by atoms with Crippen LogP contribution in [-0.2, 0) is 14.4 Å². The zero-order valence-corrected chi connectivity index (χ0v) is 23.6. The molecule has 4 amide bonds. The smallest absolute Gasteiger partial charge is 0.294 e. The van der Waals surface area contributed by atoms with Gasteiger partial charge in [0.15, 0.2) is 6.61 Å². The lowest BCUT2D eigenvalue weighted by Crippen LogP contribution is -2.36. The highest BCUT2D eigenvalue weighted by molar-refractivity contribution is 14.1. The summed E-state index contributed by atoms with van der Waals surface area (Å²) >= 11 is 2.94. The Morgan fingerprint density at radius 3 is 2.24 bits per heavy atom. The molecule has 8 nitrogen and oxygen atoms in total. The van der Waals surface area contributed by atoms with Crippen LogP contribution in [0.15, 0.2) is 71.6 Å². The van der Waals surface area contributed by atoms with Gasteiger partial charge in [-0.25, -0.2) is 0 Å². The molecule has 0 aromatic heterocycles. The number of nitrogens with one attached hydrogen (secondary N) is 2. The molecule has 2 N–H and O–H groups in total. The van der Waals surface area contributed by atoms with Gasteiger partial charge in [0.2, 0.25) is 5.91 Å². The third kappa shape index (κ3) is 7.23. The van der Waals surface area contributed by atoms with Crippen LogP contribution in [-0.4, -0.2) is 41.0 Å². The summed E-state index contributed by atoms with van der Waals surface area (Å²) in [6.45, 7) is 3.46. The summed E-state index contributed by atoms with van der Waals surface area (Å²) in [4.78, 5) is 50.8. The van der Waals surface area contributed by atoms with E-state index in [9.17, 15) is 19.2 Å². The topological polar surface area (TPSA) is 105 Å². The third-order valence-electron chi connectivity index (χ3n) is 5.64. The van der Waals surface area contributed by atoms with E-state index < -0.39 is 17.1 Å². The second-order valence-electron chi connectivity index (χ2n) is 8.53. The number of hydrogen-bond acceptors (Lipinski definition) is 6. The first-order valence-corrected chi connectivity index (χ1v) is 13.5. The van der Waals surface area contributed by atoms with E-state index in [2.05, 4.69) is 33.2 Å². The molecule has 1 saturated heterocycles. The summed E-state index contributed by atoms with van der Waals surface area (Å²) in [7, 11) is 0. The van der Waals surface area contributed by atoms with Gasteiger partial charge in [0.1, 0.15) is 12.3 Å². The number of nitrogens with zero attached hydrogens (tertiary/aromatic N) is 1. The van der Waals surface area contributed by atoms with Gasteiger partial charge < -0.3 is 15.4 Å². The molecule has 0 unspecified atom stereocenters. The summed E-state index contributed by atoms with van der Waals surface area (Å²) in [5.41, 5.74) is 4.20. The Balaban J connectivity index is 1.30. The Morgan fingerprint density at radius 1 is 0.895 bits per heavy atom. The van der Waals surface area contributed by atoms with E-state index >= 15 is 0 Å². The number of imide groups is 1. The highest BCUT2D eigenvalue weighted by Crippen LogP contribution is 2.32. The van der Waals surface area contributed by atoms with E-state index in [4.69, 9.17) is 4.74 Å². The van der Waals surface area contributed by atoms with Crippen LogP contribution in [0, 0.1) is 17.4 Å². The van der Waals surface area contributed by atoms with Gasteiger partial charge in [-0.05, 0) is 119 Å². The van der Waals surface area contributed by atoms with E-state index in [1.54, 1.807) is 42.5 Å². The Labute approximate surface area is 238 Å². The van der Waals surface area contributed by atoms with Crippen molar-refractivity contribution in [2.75, 3.05) is 23.8 Å². The molecule has 1 fully saturated rings. The van der Waals surface area contributed by atoms with Crippen LogP contribution in [0.1, 0.15) is 16.7 Å². The molecule has 0 radical (unpaired) electrons. The van der Waals surface area contributed by atoms with Crippen molar-refractivity contribution in [1.82, 2.24) is 4.90 Å². The van der Waals surface area contributed by atoms with Crippen LogP contribution in [0.25, 0.3) is 6.08 Å². The largest absolute Gasteiger partial charge is 0.484 e. The lowest BCUT2D eigenvalue weighted by atomic mass is 10.1. The minimum atomic E-state index is -0.527. The first-order valence-electron chi connectivity index (χ1n) is 11.6. The van der Waals surface area contributed by atoms with Crippen LogP contribution in [0.2, 0.25) is 0 Å². The van der Waals surface area contributed by atoms with Crippen molar-refractivity contribution in [2.45, 2.75) is 13.8 Å². The van der Waals surface area contributed by atoms with Gasteiger partial charge in [-0.2, -0.15) is 0 Å². The number of thioether (sulfide) groups is 1. The number of carbonyl (C=O) groups excluding carboxylic acids is 4. The maximum atomic E-state index is 12.8. The highest BCUT2D eigenvalue weighted by atomic mass is 127. The molecule has 1 aliphatic heterocycles. The number of aryl methyl sites for hydroxylation is 2. The normalized spacial score (nSPS) is 14.1. The first-order chi connectivity index (χ1) is 18.2. The lowest BCUT2D eigenvalue weighted by Gasteiger charge is -2.12. The molecule has 3 aromatic carbocycles. The van der Waals surface area contributed by atoms with E-state index in [0.29, 0.717) is 22.7 Å². The molecule has 0 aliphatic carbocycles. The Hall–Kier alpha value is -3.64. The maximum Gasteiger partial charge on any atom is 0.294 e. The van der Waals surface area contributed by atoms with Crippen LogP contribution in [0.4, 0.5) is 16.2 Å². The van der Waals surface area contributed by atoms with Gasteiger partial charge in [0.05, 0.1) is 4.91 Å². The second-order valence-corrected chi connectivity index (χ2v) is 10.8. The Kier molecular flexibility index (Phi) is 8.85. The lowest BCUT2D eigenvalue weighted by molar-refractivity contribution is -0.127. The summed E-state index contributed by atoms with van der Waals surface area (Å²) < 4.78 is 6.58. The number of carbonyl (C=O) groups is 4. The van der Waals surface area contributed by atoms with Crippen molar-refractivity contribution in [3.63, 3.8) is 0 Å². The summed E-state index contributed by atoms with van der Waals surface area (Å²) in [6.07, 6.45) is 1.58. The molecule has 0 atom stereocenters. The van der Waals surface area contributed by atoms with E-state index in [1.807, 2.05) is 44.2 Å². The molecule has 0 spiro atoms. The van der Waals surface area contributed by atoms with Crippen LogP contribution >= 0.6 is 34.4 Å². The molecule has 1 heterocycles. The second kappa shape index (κ2) is 12.3. The van der Waals surface area contributed by atoms with E-state index in [1.165, 1.54) is 0 Å². The van der Waals surface area contributed by atoms with E-state index in [-0.39, 0.29) is 24.0 Å². The number of rotatable bonds is 8. The van der Waals surface area contributed by atoms with E-state index in [0.717, 1.165) is 31.4 Å². The fraction of sp³-hybridized carbons (Fsp3) is 0.143. The summed E-state index contributed by atoms with van der Waals surface area (Å²) in [5.74, 6) is -0.784. The fourth-order valence-electron chi connectivity index (χ4n) is 3.49. The molecule has 1 aliphatic rings. The quantitative estimate of drug-likeness (QED) is 0.245. The van der Waals surface area contributed by atoms with Crippen LogP contribution < -0.4 is 15.4 Å². The van der Waals surface area contributed by atoms with Gasteiger partial charge in [-0.3, -0.25) is 24.1 Å². The minimum absolute atomic E-state index is 0.157. The van der Waals surface area contributed by atoms with Crippen LogP contribution in [0.3, 0.4) is 0 Å². The number of benzene rings is 3. The zero-order chi connectivity index (χ0) is 27.2. The zero-order valence-electron chi connectivity index (χ0n) is 20.6. The average molecular weight is 641 g/mol. The predicted molar refractivity (Wildman–Crippen MR) is 157 cm³/mol. The monoisotopic (exact) mass is 641 g/mol. The molecule has 0 saturated carbocycles. The Bertz CT molecular complexity index is 1420. The van der Waals surface area contributed by atoms with Gasteiger partial charge >= 0.3 is 0 Å². The van der Waals surface area contributed by atoms with Crippen molar-refractivity contribution in [1.29, 1.82) is 0 Å². The molecule has 10 heteroatoms. The van der Waals surface area contributed by atoms with Gasteiger partial charge in [-0.1, -0.05) is 18.2 Å². The van der Waals surface area contributed by atoms with Crippen molar-refractivity contribution in [3.8, 4) is 5.75 Å². The molecule has 4 rings (SSSR count). The van der Waals surface area contributed by atoms with Crippen LogP contribution in [0.5, 0.6) is 5.75 Å². The number of hydrogen-bond donors (Lipinski definition) is 2. The first kappa shape index (κ1) is 27.4. The SMILES string of the molecule is Cc1ccc(NC(=O)COc2ccc(/C=C3\SC(=O)N(CC(=O)Nc4ccc(I)cc4)C3=O)cc2)cc1C. The van der Waals surface area contributed by atoms with Gasteiger partial charge in [0.25, 0.3) is 17.1 Å². The number of ether oxygens (including phenoxy) is 1. The highest BCUT2D eigenvalue weighted by Gasteiger charge is 2.36. The molecule has 194 valence electrons. The number of amides is 4. The Morgan fingerprint density at radius 2 is 1.55 bits per heavy atom. The number of halogens is 1. The molecular weight excluding hydrogens is 617 g/mol. The average Bonchev–Trinajstić information content (AvgIpc) is 3.14. The molecule has 0 bridgehead atoms. The van der Waals surface area contributed by atoms with Crippen molar-refractivity contribution in [3.05, 3.63) is 91.9 Å². The van der Waals surface area contributed by atoms with Gasteiger partial charge in [0, 0.05) is 14.9 Å². The molecular formula is C28H24IN3O5S. The maximum absolute atomic E-state index is 12.8. The summed E-state index contributed by atoms with van der Waals surface area (Å²) in [5, 5.41) is 4.98. The third-order valence-corrected chi connectivity index (χ3v) is 7.27. The van der Waals surface area contributed by atoms with Crippen molar-refractivity contribution in [2.24, 2.45) is 0 Å². The van der Waals surface area contributed by atoms with Crippen molar-refractivity contribution < 1.29 is 23.9 Å². The number of anilines is 2. The molecule has 3 aromatic rings. The predicted octanol–water partition coefficient (Wildman–Crippen LogP) is 5.60. The fourth-order valence-corrected chi connectivity index (χ4v) is 4.69. The summed E-state index contributed by atoms with van der Waals surface area (Å²) in [6, 6.07) is 19.7. The standard InChI is InChI=1S/C28H24IN3O5S/c1-17-3-8-22(13-18(17)2)31-26(34)16-37-23-11-4-19(5-12-23)14-24-27(35)32(28(36)38-24)15-25(33)30-21-9-6-20(29)7-10-21/h3-14H,15-16H2,1-2H3,(H,30,33)(H,31,34)/b24-14-. The minimum Gasteiger partial charge on any atom is -0.484 e. The van der Waals surface area contributed by atoms with Crippen molar-refractivity contribution >= 4 is 74.8 Å². The van der Waals surface area contributed by atoms with Gasteiger partial charge in [-0.15, -0.1) is 0 Å².